The summed E-state index contributed by atoms with van der Waals surface area (Å²) >= 11 is 5.56. The van der Waals surface area contributed by atoms with Crippen LogP contribution in [0.3, 0.4) is 0 Å². The third-order valence-electron chi connectivity index (χ3n) is 3.07. The zero-order chi connectivity index (χ0) is 11.5. The molecular weight excluding hydrogens is 232 g/mol. The molecule has 0 aliphatic heterocycles. The van der Waals surface area contributed by atoms with Crippen molar-refractivity contribution in [1.29, 1.82) is 0 Å². The summed E-state index contributed by atoms with van der Waals surface area (Å²) in [5.41, 5.74) is 0.607. The molecule has 1 aliphatic carbocycles. The lowest BCUT2D eigenvalue weighted by atomic mass is 9.91. The molecule has 4 heteroatoms. The molecular formula is C11H19ClO2S. The fourth-order valence-electron chi connectivity index (χ4n) is 2.03. The topological polar surface area (TPSA) is 34.1 Å². The molecule has 88 valence electrons. The van der Waals surface area contributed by atoms with Gasteiger partial charge in [0.25, 0.3) is 0 Å². The van der Waals surface area contributed by atoms with Gasteiger partial charge < -0.3 is 0 Å². The molecule has 0 saturated heterocycles. The number of rotatable bonds is 4. The molecule has 1 fully saturated rings. The van der Waals surface area contributed by atoms with E-state index in [1.165, 1.54) is 0 Å². The van der Waals surface area contributed by atoms with Crippen LogP contribution in [0.2, 0.25) is 0 Å². The molecule has 0 spiro atoms. The van der Waals surface area contributed by atoms with Gasteiger partial charge in [0.1, 0.15) is 0 Å². The fraction of sp³-hybridized carbons (Fsp3) is 0.818. The van der Waals surface area contributed by atoms with Crippen molar-refractivity contribution in [3.8, 4) is 0 Å². The van der Waals surface area contributed by atoms with E-state index in [0.29, 0.717) is 11.5 Å². The first-order valence-corrected chi connectivity index (χ1v) is 7.65. The first-order chi connectivity index (χ1) is 6.95. The third kappa shape index (κ3) is 3.80. The number of halogens is 1. The minimum absolute atomic E-state index is 0.0650. The van der Waals surface area contributed by atoms with E-state index in [9.17, 15) is 8.42 Å². The number of alkyl halides is 1. The van der Waals surface area contributed by atoms with E-state index in [0.717, 1.165) is 25.7 Å². The maximum atomic E-state index is 11.9. The molecule has 1 saturated carbocycles. The van der Waals surface area contributed by atoms with Crippen LogP contribution in [-0.2, 0) is 9.84 Å². The highest BCUT2D eigenvalue weighted by molar-refractivity contribution is 7.92. The molecule has 0 amide bonds. The Morgan fingerprint density at radius 1 is 1.33 bits per heavy atom. The van der Waals surface area contributed by atoms with Crippen LogP contribution >= 0.6 is 11.6 Å². The van der Waals surface area contributed by atoms with Gasteiger partial charge in [-0.1, -0.05) is 13.5 Å². The van der Waals surface area contributed by atoms with E-state index >= 15 is 0 Å². The second-order valence-electron chi connectivity index (χ2n) is 4.57. The van der Waals surface area contributed by atoms with Crippen molar-refractivity contribution < 1.29 is 8.42 Å². The van der Waals surface area contributed by atoms with Gasteiger partial charge >= 0.3 is 0 Å². The molecule has 15 heavy (non-hydrogen) atoms. The Hall–Kier alpha value is -0.0200. The Balaban J connectivity index is 2.58. The van der Waals surface area contributed by atoms with Crippen molar-refractivity contribution >= 4 is 21.4 Å². The van der Waals surface area contributed by atoms with Crippen LogP contribution in [0.15, 0.2) is 12.2 Å². The highest BCUT2D eigenvalue weighted by Gasteiger charge is 2.29. The van der Waals surface area contributed by atoms with Gasteiger partial charge in [-0.2, -0.15) is 0 Å². The van der Waals surface area contributed by atoms with E-state index in [-0.39, 0.29) is 16.9 Å². The predicted octanol–water partition coefficient (Wildman–Crippen LogP) is 2.77. The van der Waals surface area contributed by atoms with Crippen molar-refractivity contribution in [2.75, 3.05) is 11.6 Å². The van der Waals surface area contributed by atoms with Crippen molar-refractivity contribution in [2.45, 2.75) is 37.9 Å². The Bertz CT molecular complexity index is 313. The van der Waals surface area contributed by atoms with Gasteiger partial charge in [-0.05, 0) is 37.2 Å². The molecule has 1 rings (SSSR count). The smallest absolute Gasteiger partial charge is 0.157 e. The van der Waals surface area contributed by atoms with Crippen LogP contribution in [0.25, 0.3) is 0 Å². The molecule has 0 aromatic carbocycles. The Morgan fingerprint density at radius 3 is 2.33 bits per heavy atom. The maximum absolute atomic E-state index is 11.9. The van der Waals surface area contributed by atoms with E-state index < -0.39 is 9.84 Å². The Kier molecular flexibility index (Phi) is 4.65. The first kappa shape index (κ1) is 13.0. The van der Waals surface area contributed by atoms with Gasteiger partial charge in [0, 0.05) is 5.88 Å². The average molecular weight is 251 g/mol. The quantitative estimate of drug-likeness (QED) is 0.568. The van der Waals surface area contributed by atoms with E-state index in [1.807, 2.05) is 0 Å². The van der Waals surface area contributed by atoms with Gasteiger partial charge in [0.05, 0.1) is 11.0 Å². The van der Waals surface area contributed by atoms with Crippen molar-refractivity contribution in [3.63, 3.8) is 0 Å². The number of sulfone groups is 1. The molecule has 2 nitrogen and oxygen atoms in total. The number of hydrogen-bond acceptors (Lipinski definition) is 2. The molecule has 0 unspecified atom stereocenters. The van der Waals surface area contributed by atoms with Gasteiger partial charge in [0.15, 0.2) is 9.84 Å². The summed E-state index contributed by atoms with van der Waals surface area (Å²) in [6.07, 6.45) is 3.66. The third-order valence-corrected chi connectivity index (χ3v) is 5.74. The van der Waals surface area contributed by atoms with Gasteiger partial charge in [-0.15, -0.1) is 11.6 Å². The summed E-state index contributed by atoms with van der Waals surface area (Å²) in [4.78, 5) is 0. The zero-order valence-electron chi connectivity index (χ0n) is 9.21. The minimum Gasteiger partial charge on any atom is -0.228 e. The largest absolute Gasteiger partial charge is 0.228 e. The molecule has 0 heterocycles. The molecule has 0 aromatic rings. The van der Waals surface area contributed by atoms with Crippen LogP contribution in [0, 0.1) is 5.92 Å². The van der Waals surface area contributed by atoms with Crippen LogP contribution in [-0.4, -0.2) is 25.3 Å². The van der Waals surface area contributed by atoms with Crippen LogP contribution in [0.1, 0.15) is 32.6 Å². The Morgan fingerprint density at radius 2 is 1.87 bits per heavy atom. The summed E-state index contributed by atoms with van der Waals surface area (Å²) in [5.74, 6) is 0.977. The van der Waals surface area contributed by atoms with E-state index in [4.69, 9.17) is 11.6 Å². The fourth-order valence-corrected chi connectivity index (χ4v) is 4.13. The van der Waals surface area contributed by atoms with Crippen molar-refractivity contribution in [1.82, 2.24) is 0 Å². The number of hydrogen-bond donors (Lipinski definition) is 0. The van der Waals surface area contributed by atoms with Crippen LogP contribution in [0.5, 0.6) is 0 Å². The molecule has 1 aliphatic rings. The standard InChI is InChI=1S/C11H19ClO2S/c1-9-3-5-11(6-4-9)15(13,14)8-10(2)7-12/h9,11H,2-8H2,1H3. The lowest BCUT2D eigenvalue weighted by Crippen LogP contribution is -2.29. The van der Waals surface area contributed by atoms with Gasteiger partial charge in [-0.25, -0.2) is 8.42 Å². The SMILES string of the molecule is C=C(CCl)CS(=O)(=O)C1CCC(C)CC1. The molecule has 0 radical (unpaired) electrons. The monoisotopic (exact) mass is 250 g/mol. The van der Waals surface area contributed by atoms with E-state index in [2.05, 4.69) is 13.5 Å². The summed E-state index contributed by atoms with van der Waals surface area (Å²) < 4.78 is 23.9. The predicted molar refractivity (Wildman–Crippen MR) is 65.1 cm³/mol. The van der Waals surface area contributed by atoms with Crippen LogP contribution in [0.4, 0.5) is 0 Å². The maximum Gasteiger partial charge on any atom is 0.157 e. The van der Waals surface area contributed by atoms with Gasteiger partial charge in [-0.3, -0.25) is 0 Å². The van der Waals surface area contributed by atoms with Crippen LogP contribution < -0.4 is 0 Å². The highest BCUT2D eigenvalue weighted by atomic mass is 35.5. The van der Waals surface area contributed by atoms with Crippen molar-refractivity contribution in [2.24, 2.45) is 5.92 Å². The average Bonchev–Trinajstić information content (AvgIpc) is 2.17. The molecule has 0 atom stereocenters. The first-order valence-electron chi connectivity index (χ1n) is 5.40. The lowest BCUT2D eigenvalue weighted by molar-refractivity contribution is 0.383. The molecule has 0 N–H and O–H groups in total. The summed E-state index contributed by atoms with van der Waals surface area (Å²) in [6.45, 7) is 5.84. The van der Waals surface area contributed by atoms with Gasteiger partial charge in [0.2, 0.25) is 0 Å². The second kappa shape index (κ2) is 5.35. The summed E-state index contributed by atoms with van der Waals surface area (Å²) in [5, 5.41) is -0.159. The molecule has 0 bridgehead atoms. The lowest BCUT2D eigenvalue weighted by Gasteiger charge is -2.26. The Labute approximate surface area is 97.6 Å². The summed E-state index contributed by atoms with van der Waals surface area (Å²) in [7, 11) is -3.00. The second-order valence-corrected chi connectivity index (χ2v) is 7.12. The summed E-state index contributed by atoms with van der Waals surface area (Å²) in [6, 6.07) is 0. The normalized spacial score (nSPS) is 27.6. The van der Waals surface area contributed by atoms with Crippen molar-refractivity contribution in [3.05, 3.63) is 12.2 Å². The minimum atomic E-state index is -3.00. The zero-order valence-corrected chi connectivity index (χ0v) is 10.8. The molecule has 0 aromatic heterocycles. The van der Waals surface area contributed by atoms with E-state index in [1.54, 1.807) is 0 Å². The highest BCUT2D eigenvalue weighted by Crippen LogP contribution is 2.28.